The van der Waals surface area contributed by atoms with Gasteiger partial charge in [-0.3, -0.25) is 19.3 Å². The van der Waals surface area contributed by atoms with Crippen molar-refractivity contribution in [2.45, 2.75) is 63.2 Å². The maximum absolute atomic E-state index is 15.0. The van der Waals surface area contributed by atoms with Gasteiger partial charge in [-0.15, -0.1) is 5.10 Å². The average Bonchev–Trinajstić information content (AvgIpc) is 3.87. The first-order valence-electron chi connectivity index (χ1n) is 16.4. The smallest absolute Gasteiger partial charge is 0.414 e. The molecule has 0 aliphatic carbocycles. The van der Waals surface area contributed by atoms with Gasteiger partial charge in [-0.25, -0.2) is 9.59 Å². The van der Waals surface area contributed by atoms with Gasteiger partial charge < -0.3 is 29.0 Å². The third-order valence-electron chi connectivity index (χ3n) is 9.96. The van der Waals surface area contributed by atoms with Crippen molar-refractivity contribution in [2.24, 2.45) is 5.92 Å². The highest BCUT2D eigenvalue weighted by Gasteiger charge is 2.66. The van der Waals surface area contributed by atoms with Gasteiger partial charge in [0.25, 0.3) is 5.91 Å². The Labute approximate surface area is 278 Å². The molecule has 0 saturated carbocycles. The monoisotopic (exact) mass is 676 g/mol. The third-order valence-corrected chi connectivity index (χ3v) is 12.5. The second-order valence-corrected chi connectivity index (χ2v) is 17.4. The number of hydrogen-bond acceptors (Lipinski definition) is 10. The molecular formula is C33H40N6O8Si. The first kappa shape index (κ1) is 32.2. The minimum Gasteiger partial charge on any atom is -0.447 e. The van der Waals surface area contributed by atoms with Gasteiger partial charge in [0.05, 0.1) is 37.1 Å². The van der Waals surface area contributed by atoms with Crippen LogP contribution in [0.5, 0.6) is 0 Å². The average molecular weight is 677 g/mol. The fourth-order valence-electron chi connectivity index (χ4n) is 7.86. The summed E-state index contributed by atoms with van der Waals surface area (Å²) >= 11 is 0. The molecule has 7 rings (SSSR count). The molecule has 4 atom stereocenters. The molecule has 1 aromatic heterocycles. The third kappa shape index (κ3) is 5.43. The molecule has 3 fully saturated rings. The van der Waals surface area contributed by atoms with Gasteiger partial charge >= 0.3 is 12.2 Å². The van der Waals surface area contributed by atoms with E-state index in [1.165, 1.54) is 0 Å². The number of ether oxygens (including phenoxy) is 3. The lowest BCUT2D eigenvalue weighted by molar-refractivity contribution is -0.146. The van der Waals surface area contributed by atoms with Crippen LogP contribution >= 0.6 is 0 Å². The number of rotatable bonds is 10. The number of hydrogen-bond donors (Lipinski definition) is 2. The molecule has 4 aliphatic heterocycles. The molecular weight excluding hydrogens is 636 g/mol. The van der Waals surface area contributed by atoms with Gasteiger partial charge in [-0.1, -0.05) is 24.3 Å². The molecule has 0 radical (unpaired) electrons. The molecule has 2 N–H and O–H groups in total. The summed E-state index contributed by atoms with van der Waals surface area (Å²) in [5, 5.41) is 17.6. The number of cyclic esters (lactones) is 2. The Balaban J connectivity index is 1.26. The molecule has 3 amide bonds. The Morgan fingerprint density at radius 1 is 1.00 bits per heavy atom. The molecule has 3 saturated heterocycles. The number of amides is 3. The number of carbonyl (C=O) groups is 3. The van der Waals surface area contributed by atoms with Crippen molar-refractivity contribution in [3.05, 3.63) is 65.5 Å². The summed E-state index contributed by atoms with van der Waals surface area (Å²) in [6, 6.07) is 13.0. The van der Waals surface area contributed by atoms with Crippen molar-refractivity contribution in [2.75, 3.05) is 47.6 Å². The van der Waals surface area contributed by atoms with Crippen LogP contribution < -0.4 is 14.7 Å². The number of fused-ring (bicyclic) bond motifs is 2. The number of nitrogens with zero attached hydrogens (tertiary/aromatic N) is 6. The highest BCUT2D eigenvalue weighted by Crippen LogP contribution is 2.60. The van der Waals surface area contributed by atoms with Crippen LogP contribution in [0.25, 0.3) is 0 Å². The van der Waals surface area contributed by atoms with Gasteiger partial charge in [0.15, 0.2) is 13.9 Å². The van der Waals surface area contributed by atoms with Crippen molar-refractivity contribution in [1.82, 2.24) is 15.0 Å². The fourth-order valence-corrected chi connectivity index (χ4v) is 10.5. The molecule has 2 aromatic carbocycles. The Morgan fingerprint density at radius 2 is 1.71 bits per heavy atom. The number of aromatic nitrogens is 3. The minimum atomic E-state index is -2.92. The summed E-state index contributed by atoms with van der Waals surface area (Å²) in [4.78, 5) is 56.3. The van der Waals surface area contributed by atoms with Gasteiger partial charge in [0.2, 0.25) is 0 Å². The summed E-state index contributed by atoms with van der Waals surface area (Å²) in [5.41, 5.74) is 2.37. The number of carbonyl (C=O) groups excluding carboxylic acids is 3. The Kier molecular flexibility index (Phi) is 8.26. The summed E-state index contributed by atoms with van der Waals surface area (Å²) in [6.07, 6.45) is 1.34. The molecule has 15 heteroatoms. The van der Waals surface area contributed by atoms with Crippen molar-refractivity contribution >= 4 is 43.5 Å². The van der Waals surface area contributed by atoms with Crippen LogP contribution in [-0.2, 0) is 44.1 Å². The minimum absolute atomic E-state index is 0.0267. The number of anilines is 3. The lowest BCUT2D eigenvalue weighted by Crippen LogP contribution is -2.46. The zero-order valence-electron chi connectivity index (χ0n) is 27.2. The van der Waals surface area contributed by atoms with Crippen LogP contribution in [0.4, 0.5) is 26.7 Å². The van der Waals surface area contributed by atoms with Crippen LogP contribution in [-0.4, -0.2) is 90.3 Å². The van der Waals surface area contributed by atoms with E-state index < -0.39 is 38.1 Å². The molecule has 4 aliphatic rings. The maximum Gasteiger partial charge on any atom is 0.414 e. The van der Waals surface area contributed by atoms with Gasteiger partial charge in [-0.2, -0.15) is 0 Å². The molecule has 1 spiro atoms. The first-order valence-corrected chi connectivity index (χ1v) is 19.4. The maximum atomic E-state index is 15.0. The Hall–Kier alpha value is -4.31. The van der Waals surface area contributed by atoms with Crippen molar-refractivity contribution in [1.29, 1.82) is 0 Å². The Morgan fingerprint density at radius 3 is 2.35 bits per heavy atom. The van der Waals surface area contributed by atoms with E-state index in [4.69, 9.17) is 14.2 Å². The van der Waals surface area contributed by atoms with E-state index >= 15 is 0 Å². The van der Waals surface area contributed by atoms with Crippen molar-refractivity contribution in [3.8, 4) is 0 Å². The van der Waals surface area contributed by atoms with Crippen LogP contribution in [0.3, 0.4) is 0 Å². The standard InChI is InChI=1S/C33H40N6O8Si/c1-21-29(48(2,3)44)28(9-11-36-20-23(10-14-40)34-35-36)47-33(21)26-18-25(38-13-16-46-32(38)43)7-8-27(26)39(30(33)41)19-22-5-4-6-24(17-22)37-12-15-45-31(37)42/h4-8,17-18,20-21,28-29,40,44H,9-16,19H2,1-3H3/t21-,28+,29-,33+/m0/s1. The second kappa shape index (κ2) is 12.3. The van der Waals surface area contributed by atoms with E-state index in [0.717, 1.165) is 5.56 Å². The van der Waals surface area contributed by atoms with Crippen LogP contribution in [0.15, 0.2) is 48.7 Å². The highest BCUT2D eigenvalue weighted by atomic mass is 28.4. The van der Waals surface area contributed by atoms with Crippen LogP contribution in [0, 0.1) is 5.92 Å². The SMILES string of the molecule is C[C@H]1[C@H]([Si](C)(C)O)[C@@H](CCn2cc(CCO)nn2)O[C@]12C(=O)N(Cc1cccc(N3CCOC3=O)c1)c1ccc(N3CCOC3=O)cc12. The molecule has 0 unspecified atom stereocenters. The van der Waals surface area contributed by atoms with E-state index in [9.17, 15) is 24.3 Å². The Bertz CT molecular complexity index is 1740. The molecule has 5 heterocycles. The number of aliphatic hydroxyl groups is 1. The van der Waals surface area contributed by atoms with E-state index in [-0.39, 0.29) is 31.2 Å². The summed E-state index contributed by atoms with van der Waals surface area (Å²) in [6.45, 7) is 7.80. The van der Waals surface area contributed by atoms with Crippen molar-refractivity contribution in [3.63, 3.8) is 0 Å². The fraction of sp³-hybridized carbons (Fsp3) is 0.485. The van der Waals surface area contributed by atoms with E-state index in [2.05, 4.69) is 10.3 Å². The number of aliphatic hydroxyl groups excluding tert-OH is 1. The molecule has 14 nitrogen and oxygen atoms in total. The summed E-state index contributed by atoms with van der Waals surface area (Å²) in [7, 11) is -2.92. The highest BCUT2D eigenvalue weighted by molar-refractivity contribution is 6.71. The van der Waals surface area contributed by atoms with Crippen LogP contribution in [0.2, 0.25) is 18.6 Å². The van der Waals surface area contributed by atoms with E-state index in [1.807, 2.05) is 62.5 Å². The predicted octanol–water partition coefficient (Wildman–Crippen LogP) is 3.16. The van der Waals surface area contributed by atoms with Gasteiger partial charge in [0.1, 0.15) is 13.2 Å². The molecule has 254 valence electrons. The lowest BCUT2D eigenvalue weighted by atomic mass is 9.82. The largest absolute Gasteiger partial charge is 0.447 e. The summed E-state index contributed by atoms with van der Waals surface area (Å²) in [5.74, 6) is -0.647. The number of aryl methyl sites for hydroxylation is 1. The van der Waals surface area contributed by atoms with Crippen molar-refractivity contribution < 1.29 is 38.5 Å². The topological polar surface area (TPSA) is 160 Å². The predicted molar refractivity (Wildman–Crippen MR) is 176 cm³/mol. The number of benzene rings is 2. The quantitative estimate of drug-likeness (QED) is 0.306. The van der Waals surface area contributed by atoms with E-state index in [0.29, 0.717) is 67.4 Å². The first-order chi connectivity index (χ1) is 23.0. The van der Waals surface area contributed by atoms with E-state index in [1.54, 1.807) is 25.6 Å². The zero-order chi connectivity index (χ0) is 33.8. The normalized spacial score (nSPS) is 25.4. The molecule has 3 aromatic rings. The van der Waals surface area contributed by atoms with Crippen LogP contribution in [0.1, 0.15) is 30.2 Å². The summed E-state index contributed by atoms with van der Waals surface area (Å²) < 4.78 is 19.0. The van der Waals surface area contributed by atoms with Gasteiger partial charge in [-0.05, 0) is 55.4 Å². The lowest BCUT2D eigenvalue weighted by Gasteiger charge is -2.32. The van der Waals surface area contributed by atoms with Gasteiger partial charge in [0, 0.05) is 54.2 Å². The zero-order valence-corrected chi connectivity index (χ0v) is 28.2. The molecule has 0 bridgehead atoms. The molecule has 48 heavy (non-hydrogen) atoms. The second-order valence-electron chi connectivity index (χ2n) is 13.4.